The molecule has 9 heteroatoms. The van der Waals surface area contributed by atoms with Gasteiger partial charge in [0.15, 0.2) is 11.5 Å². The molecule has 2 rings (SSSR count). The second kappa shape index (κ2) is 7.01. The third-order valence-electron chi connectivity index (χ3n) is 3.40. The first-order chi connectivity index (χ1) is 11.5. The van der Waals surface area contributed by atoms with E-state index in [9.17, 15) is 4.79 Å². The fourth-order valence-electron chi connectivity index (χ4n) is 2.37. The van der Waals surface area contributed by atoms with Crippen molar-refractivity contribution in [2.75, 3.05) is 27.1 Å². The van der Waals surface area contributed by atoms with Gasteiger partial charge in [-0.2, -0.15) is 0 Å². The number of nitrogens with one attached hydrogen (secondary N) is 1. The Morgan fingerprint density at radius 1 is 1.08 bits per heavy atom. The van der Waals surface area contributed by atoms with Crippen LogP contribution in [0.4, 0.5) is 5.95 Å². The number of ether oxygens (including phenoxy) is 3. The maximum absolute atomic E-state index is 12.1. The number of nitrogens with two attached hydrogens (primary N) is 2. The largest absolute Gasteiger partial charge is 0.493 e. The number of anilines is 1. The fourth-order valence-corrected chi connectivity index (χ4v) is 2.37. The van der Waals surface area contributed by atoms with E-state index >= 15 is 0 Å². The van der Waals surface area contributed by atoms with E-state index in [1.165, 1.54) is 21.3 Å². The molecule has 0 radical (unpaired) electrons. The van der Waals surface area contributed by atoms with Crippen LogP contribution in [0.25, 0.3) is 11.3 Å². The zero-order valence-corrected chi connectivity index (χ0v) is 13.8. The molecule has 128 valence electrons. The molecule has 0 saturated heterocycles. The molecule has 5 N–H and O–H groups in total. The summed E-state index contributed by atoms with van der Waals surface area (Å²) in [6, 6.07) is 3.33. The predicted octanol–water partition coefficient (Wildman–Crippen LogP) is 0.664. The number of hydrogen-bond donors (Lipinski definition) is 3. The van der Waals surface area contributed by atoms with E-state index in [0.717, 1.165) is 0 Å². The summed E-state index contributed by atoms with van der Waals surface area (Å²) in [5.74, 6) is 6.02. The first kappa shape index (κ1) is 17.3. The number of aryl methyl sites for hydroxylation is 1. The third kappa shape index (κ3) is 3.01. The number of carbonyl (C=O) groups is 1. The van der Waals surface area contributed by atoms with Crippen LogP contribution in [0.3, 0.4) is 0 Å². The van der Waals surface area contributed by atoms with Gasteiger partial charge < -0.3 is 19.9 Å². The molecular formula is C15H19N5O4. The van der Waals surface area contributed by atoms with Crippen molar-refractivity contribution < 1.29 is 19.0 Å². The van der Waals surface area contributed by atoms with Crippen molar-refractivity contribution in [3.63, 3.8) is 0 Å². The third-order valence-corrected chi connectivity index (χ3v) is 3.40. The number of nitrogen functional groups attached to an aromatic ring is 2. The van der Waals surface area contributed by atoms with Crippen molar-refractivity contribution in [1.29, 1.82) is 0 Å². The van der Waals surface area contributed by atoms with E-state index in [0.29, 0.717) is 34.2 Å². The molecule has 0 saturated carbocycles. The smallest absolute Gasteiger partial charge is 0.269 e. The van der Waals surface area contributed by atoms with Gasteiger partial charge in [-0.25, -0.2) is 15.8 Å². The van der Waals surface area contributed by atoms with Crippen molar-refractivity contribution in [3.05, 3.63) is 23.4 Å². The van der Waals surface area contributed by atoms with E-state index in [2.05, 4.69) is 15.4 Å². The number of nitrogens with zero attached hydrogens (tertiary/aromatic N) is 2. The minimum Gasteiger partial charge on any atom is -0.493 e. The Balaban J connectivity index is 2.79. The van der Waals surface area contributed by atoms with Crippen LogP contribution in [-0.2, 0) is 0 Å². The first-order valence-electron chi connectivity index (χ1n) is 6.92. The number of hydrogen-bond acceptors (Lipinski definition) is 8. The number of carbonyl (C=O) groups excluding carboxylic acids is 1. The molecule has 9 nitrogen and oxygen atoms in total. The molecule has 1 aromatic carbocycles. The van der Waals surface area contributed by atoms with Gasteiger partial charge in [0.1, 0.15) is 0 Å². The Hall–Kier alpha value is -3.07. The number of methoxy groups -OCH3 is 3. The molecule has 0 aliphatic carbocycles. The van der Waals surface area contributed by atoms with Gasteiger partial charge in [-0.1, -0.05) is 0 Å². The molecule has 1 amide bonds. The average molecular weight is 333 g/mol. The Morgan fingerprint density at radius 2 is 1.67 bits per heavy atom. The second-order valence-corrected chi connectivity index (χ2v) is 4.78. The quantitative estimate of drug-likeness (QED) is 0.413. The molecular weight excluding hydrogens is 314 g/mol. The standard InChI is InChI=1S/C15H19N5O4/c1-7-11(14(21)20-17)12(19-15(16)18-7)8-5-9(22-2)13(24-4)10(6-8)23-3/h5-6H,17H2,1-4H3,(H,20,21)(H2,16,18,19). The van der Waals surface area contributed by atoms with Crippen molar-refractivity contribution in [3.8, 4) is 28.5 Å². The minimum absolute atomic E-state index is 0.0322. The van der Waals surface area contributed by atoms with Crippen LogP contribution in [0.5, 0.6) is 17.2 Å². The normalized spacial score (nSPS) is 10.2. The number of aromatic nitrogens is 2. The topological polar surface area (TPSA) is 135 Å². The van der Waals surface area contributed by atoms with Crippen LogP contribution in [0.15, 0.2) is 12.1 Å². The van der Waals surface area contributed by atoms with Gasteiger partial charge in [0.25, 0.3) is 5.91 Å². The monoisotopic (exact) mass is 333 g/mol. The summed E-state index contributed by atoms with van der Waals surface area (Å²) in [5, 5.41) is 0. The molecule has 0 aliphatic rings. The summed E-state index contributed by atoms with van der Waals surface area (Å²) in [7, 11) is 4.49. The highest BCUT2D eigenvalue weighted by Crippen LogP contribution is 2.41. The number of amides is 1. The molecule has 2 aromatic rings. The van der Waals surface area contributed by atoms with Gasteiger partial charge in [-0.3, -0.25) is 10.2 Å². The summed E-state index contributed by atoms with van der Waals surface area (Å²) in [5.41, 5.74) is 9.27. The highest BCUT2D eigenvalue weighted by molar-refractivity contribution is 6.01. The summed E-state index contributed by atoms with van der Waals surface area (Å²) >= 11 is 0. The van der Waals surface area contributed by atoms with Gasteiger partial charge in [0.2, 0.25) is 11.7 Å². The zero-order valence-electron chi connectivity index (χ0n) is 13.8. The lowest BCUT2D eigenvalue weighted by Crippen LogP contribution is -2.31. The van der Waals surface area contributed by atoms with Gasteiger partial charge in [0.05, 0.1) is 38.3 Å². The van der Waals surface area contributed by atoms with Crippen LogP contribution in [-0.4, -0.2) is 37.2 Å². The van der Waals surface area contributed by atoms with Crippen molar-refractivity contribution in [2.45, 2.75) is 6.92 Å². The molecule has 0 fully saturated rings. The van der Waals surface area contributed by atoms with Crippen LogP contribution in [0.1, 0.15) is 16.1 Å². The average Bonchev–Trinajstić information content (AvgIpc) is 2.58. The van der Waals surface area contributed by atoms with E-state index in [4.69, 9.17) is 25.8 Å². The Morgan fingerprint density at radius 3 is 2.12 bits per heavy atom. The highest BCUT2D eigenvalue weighted by atomic mass is 16.5. The molecule has 1 heterocycles. The van der Waals surface area contributed by atoms with E-state index in [1.807, 2.05) is 0 Å². The van der Waals surface area contributed by atoms with Crippen molar-refractivity contribution in [1.82, 2.24) is 15.4 Å². The van der Waals surface area contributed by atoms with Crippen molar-refractivity contribution >= 4 is 11.9 Å². The minimum atomic E-state index is -0.531. The van der Waals surface area contributed by atoms with Gasteiger partial charge >= 0.3 is 0 Å². The lowest BCUT2D eigenvalue weighted by atomic mass is 10.0. The molecule has 0 bridgehead atoms. The predicted molar refractivity (Wildman–Crippen MR) is 87.9 cm³/mol. The van der Waals surface area contributed by atoms with Gasteiger partial charge in [0, 0.05) is 5.56 Å². The van der Waals surface area contributed by atoms with E-state index in [-0.39, 0.29) is 11.5 Å². The van der Waals surface area contributed by atoms with Crippen LogP contribution < -0.4 is 31.2 Å². The number of benzene rings is 1. The second-order valence-electron chi connectivity index (χ2n) is 4.78. The molecule has 0 spiro atoms. The molecule has 0 aliphatic heterocycles. The van der Waals surface area contributed by atoms with E-state index < -0.39 is 5.91 Å². The summed E-state index contributed by atoms with van der Waals surface area (Å²) in [6.07, 6.45) is 0. The number of rotatable bonds is 5. The summed E-state index contributed by atoms with van der Waals surface area (Å²) in [6.45, 7) is 1.64. The maximum atomic E-state index is 12.1. The zero-order chi connectivity index (χ0) is 17.9. The van der Waals surface area contributed by atoms with Gasteiger partial charge in [-0.05, 0) is 19.1 Å². The lowest BCUT2D eigenvalue weighted by Gasteiger charge is -2.16. The Bertz CT molecular complexity index is 754. The van der Waals surface area contributed by atoms with E-state index in [1.54, 1.807) is 19.1 Å². The summed E-state index contributed by atoms with van der Waals surface area (Å²) < 4.78 is 15.9. The Kier molecular flexibility index (Phi) is 5.05. The molecule has 0 atom stereocenters. The summed E-state index contributed by atoms with van der Waals surface area (Å²) in [4.78, 5) is 20.3. The molecule has 24 heavy (non-hydrogen) atoms. The number of hydrazine groups is 1. The molecule has 1 aromatic heterocycles. The van der Waals surface area contributed by atoms with Crippen LogP contribution in [0, 0.1) is 6.92 Å². The fraction of sp³-hybridized carbons (Fsp3) is 0.267. The Labute approximate surface area is 138 Å². The highest BCUT2D eigenvalue weighted by Gasteiger charge is 2.22. The van der Waals surface area contributed by atoms with Gasteiger partial charge in [-0.15, -0.1) is 0 Å². The molecule has 0 unspecified atom stereocenters. The SMILES string of the molecule is COc1cc(-c2nc(N)nc(C)c2C(=O)NN)cc(OC)c1OC. The first-order valence-corrected chi connectivity index (χ1v) is 6.92. The van der Waals surface area contributed by atoms with Crippen LogP contribution >= 0.6 is 0 Å². The van der Waals surface area contributed by atoms with Crippen LogP contribution in [0.2, 0.25) is 0 Å². The van der Waals surface area contributed by atoms with Crippen molar-refractivity contribution in [2.24, 2.45) is 5.84 Å². The maximum Gasteiger partial charge on any atom is 0.269 e. The lowest BCUT2D eigenvalue weighted by molar-refractivity contribution is 0.0953.